The number of hydrogen-bond donors (Lipinski definition) is 0. The molecule has 1 heterocycles. The fourth-order valence-electron chi connectivity index (χ4n) is 2.09. The van der Waals surface area contributed by atoms with Gasteiger partial charge in [-0.25, -0.2) is 4.79 Å². The van der Waals surface area contributed by atoms with Gasteiger partial charge in [0.05, 0.1) is 13.5 Å². The molecule has 0 saturated carbocycles. The summed E-state index contributed by atoms with van der Waals surface area (Å²) in [5, 5.41) is 0.975. The van der Waals surface area contributed by atoms with Gasteiger partial charge in [0.2, 0.25) is 0 Å². The van der Waals surface area contributed by atoms with Gasteiger partial charge >= 0.3 is 11.9 Å². The maximum absolute atomic E-state index is 12.1. The first-order chi connectivity index (χ1) is 9.52. The largest absolute Gasteiger partial charge is 0.469 e. The monoisotopic (exact) mass is 275 g/mol. The molecule has 0 saturated heterocycles. The Morgan fingerprint density at radius 3 is 2.65 bits per heavy atom. The van der Waals surface area contributed by atoms with Gasteiger partial charge in [0.25, 0.3) is 0 Å². The summed E-state index contributed by atoms with van der Waals surface area (Å²) in [5.41, 5.74) is 1.42. The Hall–Kier alpha value is -2.30. The van der Waals surface area contributed by atoms with E-state index in [1.54, 1.807) is 17.6 Å². The molecule has 1 aromatic carbocycles. The first-order valence-corrected chi connectivity index (χ1v) is 6.35. The number of benzene rings is 1. The van der Waals surface area contributed by atoms with Gasteiger partial charge in [0.1, 0.15) is 11.8 Å². The summed E-state index contributed by atoms with van der Waals surface area (Å²) >= 11 is 0. The minimum atomic E-state index is -0.520. The Kier molecular flexibility index (Phi) is 4.08. The summed E-state index contributed by atoms with van der Waals surface area (Å²) in [5.74, 6) is -0.845. The van der Waals surface area contributed by atoms with E-state index in [0.29, 0.717) is 5.69 Å². The molecule has 0 bridgehead atoms. The normalized spacial score (nSPS) is 12.2. The molecular weight excluding hydrogens is 258 g/mol. The van der Waals surface area contributed by atoms with E-state index in [2.05, 4.69) is 4.74 Å². The first kappa shape index (κ1) is 14.1. The number of fused-ring (bicyclic) bond motifs is 1. The predicted molar refractivity (Wildman–Crippen MR) is 74.4 cm³/mol. The van der Waals surface area contributed by atoms with Gasteiger partial charge < -0.3 is 14.0 Å². The second-order valence-corrected chi connectivity index (χ2v) is 4.64. The number of hydrogen-bond acceptors (Lipinski definition) is 4. The molecule has 1 atom stereocenters. The van der Waals surface area contributed by atoms with E-state index in [1.165, 1.54) is 7.11 Å². The molecule has 0 radical (unpaired) electrons. The van der Waals surface area contributed by atoms with Crippen LogP contribution in [0.15, 0.2) is 30.3 Å². The van der Waals surface area contributed by atoms with Crippen molar-refractivity contribution in [1.82, 2.24) is 4.57 Å². The molecule has 0 unspecified atom stereocenters. The summed E-state index contributed by atoms with van der Waals surface area (Å²) in [7, 11) is 3.12. The number of rotatable bonds is 4. The molecule has 0 aliphatic rings. The van der Waals surface area contributed by atoms with E-state index in [9.17, 15) is 9.59 Å². The van der Waals surface area contributed by atoms with Crippen LogP contribution in [0.25, 0.3) is 10.9 Å². The van der Waals surface area contributed by atoms with Crippen LogP contribution in [-0.2, 0) is 21.3 Å². The maximum atomic E-state index is 12.1. The Labute approximate surface area is 117 Å². The summed E-state index contributed by atoms with van der Waals surface area (Å²) in [6.07, 6.45) is -0.473. The van der Waals surface area contributed by atoms with Crippen molar-refractivity contribution in [2.45, 2.75) is 19.4 Å². The van der Waals surface area contributed by atoms with Crippen LogP contribution in [0.1, 0.15) is 23.8 Å². The number of ether oxygens (including phenoxy) is 2. The highest BCUT2D eigenvalue weighted by Gasteiger charge is 2.19. The van der Waals surface area contributed by atoms with Crippen LogP contribution in [0, 0.1) is 0 Å². The molecule has 0 fully saturated rings. The van der Waals surface area contributed by atoms with Crippen molar-refractivity contribution in [3.05, 3.63) is 36.0 Å². The van der Waals surface area contributed by atoms with Crippen molar-refractivity contribution in [1.29, 1.82) is 0 Å². The third-order valence-electron chi connectivity index (χ3n) is 3.15. The number of para-hydroxylation sites is 1. The van der Waals surface area contributed by atoms with Crippen LogP contribution in [0.2, 0.25) is 0 Å². The molecule has 1 aromatic heterocycles. The van der Waals surface area contributed by atoms with Crippen LogP contribution in [0.5, 0.6) is 0 Å². The number of methoxy groups -OCH3 is 1. The Balaban J connectivity index is 2.15. The predicted octanol–water partition coefficient (Wildman–Crippen LogP) is 2.29. The lowest BCUT2D eigenvalue weighted by Crippen LogP contribution is -2.20. The summed E-state index contributed by atoms with van der Waals surface area (Å²) in [6, 6.07) is 9.48. The fourth-order valence-corrected chi connectivity index (χ4v) is 2.09. The van der Waals surface area contributed by atoms with Crippen LogP contribution >= 0.6 is 0 Å². The quantitative estimate of drug-likeness (QED) is 0.803. The molecular formula is C15H17NO4. The highest BCUT2D eigenvalue weighted by molar-refractivity contribution is 5.95. The van der Waals surface area contributed by atoms with Crippen LogP contribution in [0.3, 0.4) is 0 Å². The average molecular weight is 275 g/mol. The fraction of sp³-hybridized carbons (Fsp3) is 0.333. The zero-order chi connectivity index (χ0) is 14.7. The molecule has 2 rings (SSSR count). The highest BCUT2D eigenvalue weighted by Crippen LogP contribution is 2.19. The second-order valence-electron chi connectivity index (χ2n) is 4.64. The lowest BCUT2D eigenvalue weighted by molar-refractivity contribution is -0.142. The molecule has 0 aliphatic heterocycles. The van der Waals surface area contributed by atoms with E-state index in [1.807, 2.05) is 31.3 Å². The lowest BCUT2D eigenvalue weighted by Gasteiger charge is -2.12. The molecule has 0 spiro atoms. The maximum Gasteiger partial charge on any atom is 0.355 e. The van der Waals surface area contributed by atoms with Crippen LogP contribution in [0.4, 0.5) is 0 Å². The Morgan fingerprint density at radius 2 is 2.00 bits per heavy atom. The Bertz CT molecular complexity index is 644. The van der Waals surface area contributed by atoms with E-state index in [-0.39, 0.29) is 6.42 Å². The smallest absolute Gasteiger partial charge is 0.355 e. The molecule has 106 valence electrons. The number of esters is 2. The highest BCUT2D eigenvalue weighted by atomic mass is 16.6. The lowest BCUT2D eigenvalue weighted by atomic mass is 10.2. The van der Waals surface area contributed by atoms with Gasteiger partial charge in [-0.3, -0.25) is 4.79 Å². The zero-order valence-corrected chi connectivity index (χ0v) is 11.8. The molecule has 2 aromatic rings. The van der Waals surface area contributed by atoms with Crippen LogP contribution in [-0.4, -0.2) is 29.7 Å². The number of carbonyl (C=O) groups excluding carboxylic acids is 2. The summed E-state index contributed by atoms with van der Waals surface area (Å²) in [4.78, 5) is 23.2. The van der Waals surface area contributed by atoms with Crippen molar-refractivity contribution in [2.75, 3.05) is 7.11 Å². The van der Waals surface area contributed by atoms with E-state index >= 15 is 0 Å². The van der Waals surface area contributed by atoms with E-state index < -0.39 is 18.0 Å². The van der Waals surface area contributed by atoms with Crippen molar-refractivity contribution in [3.8, 4) is 0 Å². The van der Waals surface area contributed by atoms with Gasteiger partial charge in [0.15, 0.2) is 0 Å². The van der Waals surface area contributed by atoms with Crippen molar-refractivity contribution >= 4 is 22.8 Å². The standard InChI is InChI=1S/C15H17NO4/c1-10(8-14(17)19-3)20-15(18)13-9-11-6-4-5-7-12(11)16(13)2/h4-7,9-10H,8H2,1-3H3/t10-/m1/s1. The zero-order valence-electron chi connectivity index (χ0n) is 11.8. The topological polar surface area (TPSA) is 57.5 Å². The minimum Gasteiger partial charge on any atom is -0.469 e. The molecule has 20 heavy (non-hydrogen) atoms. The second kappa shape index (κ2) is 5.77. The number of aromatic nitrogens is 1. The molecule has 5 heteroatoms. The molecule has 0 amide bonds. The summed E-state index contributed by atoms with van der Waals surface area (Å²) < 4.78 is 11.6. The third-order valence-corrected chi connectivity index (χ3v) is 3.15. The Morgan fingerprint density at radius 1 is 1.30 bits per heavy atom. The van der Waals surface area contributed by atoms with Gasteiger partial charge in [-0.1, -0.05) is 18.2 Å². The average Bonchev–Trinajstić information content (AvgIpc) is 2.76. The minimum absolute atomic E-state index is 0.0478. The van der Waals surface area contributed by atoms with Gasteiger partial charge in [0, 0.05) is 18.0 Å². The summed E-state index contributed by atoms with van der Waals surface area (Å²) in [6.45, 7) is 1.66. The van der Waals surface area contributed by atoms with Gasteiger partial charge in [-0.05, 0) is 19.1 Å². The number of nitrogens with zero attached hydrogens (tertiary/aromatic N) is 1. The molecule has 0 aliphatic carbocycles. The van der Waals surface area contributed by atoms with Gasteiger partial charge in [-0.15, -0.1) is 0 Å². The molecule has 0 N–H and O–H groups in total. The van der Waals surface area contributed by atoms with E-state index in [0.717, 1.165) is 10.9 Å². The number of aryl methyl sites for hydroxylation is 1. The van der Waals surface area contributed by atoms with Crippen LogP contribution < -0.4 is 0 Å². The first-order valence-electron chi connectivity index (χ1n) is 6.35. The van der Waals surface area contributed by atoms with Crippen molar-refractivity contribution < 1.29 is 19.1 Å². The molecule has 5 nitrogen and oxygen atoms in total. The SMILES string of the molecule is COC(=O)C[C@@H](C)OC(=O)c1cc2ccccc2n1C. The van der Waals surface area contributed by atoms with E-state index in [4.69, 9.17) is 4.74 Å². The third kappa shape index (κ3) is 2.82. The van der Waals surface area contributed by atoms with Crippen molar-refractivity contribution in [2.24, 2.45) is 7.05 Å². The van der Waals surface area contributed by atoms with Crippen molar-refractivity contribution in [3.63, 3.8) is 0 Å². The number of carbonyl (C=O) groups is 2. The van der Waals surface area contributed by atoms with Gasteiger partial charge in [-0.2, -0.15) is 0 Å².